The van der Waals surface area contributed by atoms with E-state index < -0.39 is 23.0 Å². The molecule has 0 aliphatic heterocycles. The number of hydrogen-bond donors (Lipinski definition) is 0. The Hall–Kier alpha value is -2.44. The summed E-state index contributed by atoms with van der Waals surface area (Å²) in [6.07, 6.45) is 3.02. The molecule has 0 aliphatic carbocycles. The molecule has 0 N–H and O–H groups in total. The van der Waals surface area contributed by atoms with Gasteiger partial charge in [-0.15, -0.1) is 5.10 Å². The molecule has 90 valence electrons. The van der Waals surface area contributed by atoms with E-state index in [1.807, 2.05) is 0 Å². The van der Waals surface area contributed by atoms with Gasteiger partial charge in [-0.2, -0.15) is 4.98 Å². The molecule has 2 heterocycles. The Kier molecular flexibility index (Phi) is 2.26. The number of hydrogen-bond acceptors (Lipinski definition) is 3. The second-order valence-corrected chi connectivity index (χ2v) is 3.54. The molecule has 0 unspecified atom stereocenters. The lowest BCUT2D eigenvalue weighted by Crippen LogP contribution is -1.94. The third kappa shape index (κ3) is 1.60. The van der Waals surface area contributed by atoms with Gasteiger partial charge in [-0.1, -0.05) is 0 Å². The highest BCUT2D eigenvalue weighted by Gasteiger charge is 2.18. The van der Waals surface area contributed by atoms with Crippen molar-refractivity contribution < 1.29 is 13.2 Å². The van der Waals surface area contributed by atoms with Gasteiger partial charge >= 0.3 is 0 Å². The van der Waals surface area contributed by atoms with E-state index in [-0.39, 0.29) is 11.6 Å². The van der Waals surface area contributed by atoms with Crippen molar-refractivity contribution in [3.05, 3.63) is 48.0 Å². The molecule has 0 saturated carbocycles. The van der Waals surface area contributed by atoms with E-state index >= 15 is 0 Å². The topological polar surface area (TPSA) is 43.1 Å². The van der Waals surface area contributed by atoms with Crippen molar-refractivity contribution in [2.24, 2.45) is 0 Å². The first kappa shape index (κ1) is 10.7. The molecule has 3 rings (SSSR count). The number of rotatable bonds is 1. The van der Waals surface area contributed by atoms with E-state index in [2.05, 4.69) is 15.1 Å². The molecule has 0 fully saturated rings. The molecule has 0 radical (unpaired) electrons. The summed E-state index contributed by atoms with van der Waals surface area (Å²) in [7, 11) is 0. The summed E-state index contributed by atoms with van der Waals surface area (Å²) < 4.78 is 41.1. The third-order valence-corrected chi connectivity index (χ3v) is 2.35. The van der Waals surface area contributed by atoms with Crippen molar-refractivity contribution in [1.29, 1.82) is 0 Å². The highest BCUT2D eigenvalue weighted by molar-refractivity contribution is 5.58. The van der Waals surface area contributed by atoms with Gasteiger partial charge in [-0.3, -0.25) is 0 Å². The van der Waals surface area contributed by atoms with Crippen LogP contribution in [0.25, 0.3) is 17.2 Å². The van der Waals surface area contributed by atoms with E-state index in [1.165, 1.54) is 16.9 Å². The lowest BCUT2D eigenvalue weighted by Gasteiger charge is -1.99. The zero-order valence-electron chi connectivity index (χ0n) is 8.81. The van der Waals surface area contributed by atoms with E-state index in [1.54, 1.807) is 6.07 Å². The molecule has 0 aliphatic rings. The van der Waals surface area contributed by atoms with Gasteiger partial charge in [0.05, 0.1) is 5.56 Å². The molecule has 0 amide bonds. The Balaban J connectivity index is 2.26. The standard InChI is InChI=1S/C11H5F3N4/c12-6-4-7(13)9(8(14)5-6)10-16-11-15-2-1-3-18(11)17-10/h1-5H. The zero-order chi connectivity index (χ0) is 12.7. The Morgan fingerprint density at radius 1 is 1.06 bits per heavy atom. The summed E-state index contributed by atoms with van der Waals surface area (Å²) in [4.78, 5) is 7.75. The maximum absolute atomic E-state index is 13.5. The molecular weight excluding hydrogens is 245 g/mol. The maximum atomic E-state index is 13.5. The molecule has 0 bridgehead atoms. The molecule has 3 aromatic rings. The van der Waals surface area contributed by atoms with Gasteiger partial charge in [-0.05, 0) is 6.07 Å². The molecule has 0 spiro atoms. The third-order valence-electron chi connectivity index (χ3n) is 2.35. The summed E-state index contributed by atoms with van der Waals surface area (Å²) in [5.41, 5.74) is -0.470. The van der Waals surface area contributed by atoms with Crippen molar-refractivity contribution in [2.45, 2.75) is 0 Å². The van der Waals surface area contributed by atoms with Gasteiger partial charge < -0.3 is 0 Å². The number of nitrogens with zero attached hydrogens (tertiary/aromatic N) is 4. The fourth-order valence-corrected chi connectivity index (χ4v) is 1.59. The van der Waals surface area contributed by atoms with Crippen LogP contribution < -0.4 is 0 Å². The molecular formula is C11H5F3N4. The molecule has 2 aromatic heterocycles. The van der Waals surface area contributed by atoms with Crippen LogP contribution in [0.15, 0.2) is 30.6 Å². The second kappa shape index (κ2) is 3.80. The van der Waals surface area contributed by atoms with Gasteiger partial charge in [0.15, 0.2) is 5.82 Å². The first-order chi connectivity index (χ1) is 8.65. The van der Waals surface area contributed by atoms with Crippen LogP contribution in [0.1, 0.15) is 0 Å². The van der Waals surface area contributed by atoms with E-state index in [0.29, 0.717) is 12.1 Å². The quantitative estimate of drug-likeness (QED) is 0.665. The molecule has 7 heteroatoms. The minimum Gasteiger partial charge on any atom is -0.220 e. The summed E-state index contributed by atoms with van der Waals surface area (Å²) in [6, 6.07) is 2.76. The van der Waals surface area contributed by atoms with Crippen molar-refractivity contribution in [1.82, 2.24) is 19.6 Å². The summed E-state index contributed by atoms with van der Waals surface area (Å²) in [6.45, 7) is 0. The largest absolute Gasteiger partial charge is 0.252 e. The predicted molar refractivity (Wildman–Crippen MR) is 56.1 cm³/mol. The zero-order valence-corrected chi connectivity index (χ0v) is 8.81. The smallest absolute Gasteiger partial charge is 0.220 e. The average molecular weight is 250 g/mol. The minimum atomic E-state index is -1.05. The minimum absolute atomic E-state index is 0.177. The number of halogens is 3. The van der Waals surface area contributed by atoms with Crippen LogP contribution in [0, 0.1) is 17.5 Å². The lowest BCUT2D eigenvalue weighted by atomic mass is 10.2. The van der Waals surface area contributed by atoms with E-state index in [9.17, 15) is 13.2 Å². The van der Waals surface area contributed by atoms with Gasteiger partial charge in [0, 0.05) is 24.5 Å². The van der Waals surface area contributed by atoms with E-state index in [4.69, 9.17) is 0 Å². The van der Waals surface area contributed by atoms with Crippen LogP contribution in [-0.4, -0.2) is 19.6 Å². The van der Waals surface area contributed by atoms with Gasteiger partial charge in [0.1, 0.15) is 17.5 Å². The SMILES string of the molecule is Fc1cc(F)c(-c2nc3ncccn3n2)c(F)c1. The van der Waals surface area contributed by atoms with Crippen LogP contribution in [0.3, 0.4) is 0 Å². The highest BCUT2D eigenvalue weighted by Crippen LogP contribution is 2.24. The van der Waals surface area contributed by atoms with Gasteiger partial charge in [0.25, 0.3) is 5.78 Å². The maximum Gasteiger partial charge on any atom is 0.252 e. The van der Waals surface area contributed by atoms with Gasteiger partial charge in [-0.25, -0.2) is 22.7 Å². The lowest BCUT2D eigenvalue weighted by molar-refractivity contribution is 0.546. The summed E-state index contributed by atoms with van der Waals surface area (Å²) >= 11 is 0. The summed E-state index contributed by atoms with van der Waals surface area (Å²) in [5, 5.41) is 3.87. The molecule has 0 atom stereocenters. The van der Waals surface area contributed by atoms with Crippen LogP contribution in [0.2, 0.25) is 0 Å². The van der Waals surface area contributed by atoms with Crippen LogP contribution in [-0.2, 0) is 0 Å². The first-order valence-corrected chi connectivity index (χ1v) is 4.97. The molecule has 18 heavy (non-hydrogen) atoms. The van der Waals surface area contributed by atoms with Crippen molar-refractivity contribution in [2.75, 3.05) is 0 Å². The molecule has 4 nitrogen and oxygen atoms in total. The Labute approximate surface area is 98.7 Å². The van der Waals surface area contributed by atoms with Crippen molar-refractivity contribution >= 4 is 5.78 Å². The Morgan fingerprint density at radius 2 is 1.78 bits per heavy atom. The number of benzene rings is 1. The Bertz CT molecular complexity index is 682. The fraction of sp³-hybridized carbons (Fsp3) is 0. The molecule has 1 aromatic carbocycles. The van der Waals surface area contributed by atoms with Crippen LogP contribution >= 0.6 is 0 Å². The number of aromatic nitrogens is 4. The second-order valence-electron chi connectivity index (χ2n) is 3.54. The summed E-state index contributed by atoms with van der Waals surface area (Å²) in [5.74, 6) is -3.07. The predicted octanol–water partition coefficient (Wildman–Crippen LogP) is 2.21. The first-order valence-electron chi connectivity index (χ1n) is 4.97. The number of fused-ring (bicyclic) bond motifs is 1. The van der Waals surface area contributed by atoms with Crippen LogP contribution in [0.5, 0.6) is 0 Å². The van der Waals surface area contributed by atoms with E-state index in [0.717, 1.165) is 0 Å². The molecule has 0 saturated heterocycles. The van der Waals surface area contributed by atoms with Gasteiger partial charge in [0.2, 0.25) is 0 Å². The fourth-order valence-electron chi connectivity index (χ4n) is 1.59. The van der Waals surface area contributed by atoms with Crippen molar-refractivity contribution in [3.63, 3.8) is 0 Å². The van der Waals surface area contributed by atoms with Crippen molar-refractivity contribution in [3.8, 4) is 11.4 Å². The normalized spacial score (nSPS) is 11.1. The Morgan fingerprint density at radius 3 is 2.44 bits per heavy atom. The van der Waals surface area contributed by atoms with Crippen LogP contribution in [0.4, 0.5) is 13.2 Å². The monoisotopic (exact) mass is 250 g/mol. The average Bonchev–Trinajstić information content (AvgIpc) is 2.70. The highest BCUT2D eigenvalue weighted by atomic mass is 19.1.